The van der Waals surface area contributed by atoms with Gasteiger partial charge in [0.1, 0.15) is 5.75 Å². The normalized spacial score (nSPS) is 15.2. The Bertz CT molecular complexity index is 727. The van der Waals surface area contributed by atoms with Crippen LogP contribution < -0.4 is 4.74 Å². The summed E-state index contributed by atoms with van der Waals surface area (Å²) in [6, 6.07) is 7.79. The van der Waals surface area contributed by atoms with Gasteiger partial charge in [0.2, 0.25) is 11.8 Å². The summed E-state index contributed by atoms with van der Waals surface area (Å²) in [4.78, 5) is 18.5. The molecule has 2 heterocycles. The van der Waals surface area contributed by atoms with Crippen LogP contribution in [0, 0.1) is 5.41 Å². The van der Waals surface area contributed by atoms with Crippen molar-refractivity contribution in [1.82, 2.24) is 15.0 Å². The number of nitrogens with zero attached hydrogens (tertiary/aromatic N) is 3. The van der Waals surface area contributed by atoms with Crippen LogP contribution in [0.1, 0.15) is 44.0 Å². The zero-order valence-electron chi connectivity index (χ0n) is 14.6. The third-order valence-electron chi connectivity index (χ3n) is 4.18. The topological polar surface area (TPSA) is 68.5 Å². The maximum Gasteiger partial charge on any atom is 0.233 e. The zero-order chi connectivity index (χ0) is 17.3. The highest BCUT2D eigenvalue weighted by Crippen LogP contribution is 2.30. The van der Waals surface area contributed by atoms with Crippen molar-refractivity contribution in [2.24, 2.45) is 5.41 Å². The van der Waals surface area contributed by atoms with Crippen LogP contribution in [0.5, 0.6) is 5.75 Å². The van der Waals surface area contributed by atoms with Gasteiger partial charge in [0, 0.05) is 30.5 Å². The fraction of sp³-hybridized carbons (Fsp3) is 0.500. The van der Waals surface area contributed by atoms with Crippen LogP contribution in [-0.4, -0.2) is 41.1 Å². The van der Waals surface area contributed by atoms with Gasteiger partial charge in [-0.3, -0.25) is 4.79 Å². The van der Waals surface area contributed by atoms with E-state index >= 15 is 0 Å². The van der Waals surface area contributed by atoms with Gasteiger partial charge in [-0.25, -0.2) is 0 Å². The highest BCUT2D eigenvalue weighted by molar-refractivity contribution is 5.82. The molecule has 6 heteroatoms. The molecule has 1 aliphatic rings. The second-order valence-corrected chi connectivity index (χ2v) is 7.19. The lowest BCUT2D eigenvalue weighted by Crippen LogP contribution is -2.52. The number of aromatic nitrogens is 2. The lowest BCUT2D eigenvalue weighted by Gasteiger charge is -2.40. The molecule has 24 heavy (non-hydrogen) atoms. The molecule has 0 spiro atoms. The Hall–Kier alpha value is -2.37. The molecular formula is C18H23N3O3. The number of amides is 1. The van der Waals surface area contributed by atoms with E-state index in [0.717, 1.165) is 11.3 Å². The Morgan fingerprint density at radius 1 is 1.33 bits per heavy atom. The Balaban J connectivity index is 1.62. The van der Waals surface area contributed by atoms with E-state index in [1.807, 2.05) is 49.9 Å². The summed E-state index contributed by atoms with van der Waals surface area (Å²) in [5, 5.41) is 4.06. The largest absolute Gasteiger partial charge is 0.496 e. The van der Waals surface area contributed by atoms with Gasteiger partial charge in [-0.05, 0) is 6.07 Å². The molecular weight excluding hydrogens is 306 g/mol. The van der Waals surface area contributed by atoms with E-state index in [2.05, 4.69) is 10.1 Å². The number of likely N-dealkylation sites (tertiary alicyclic amines) is 1. The van der Waals surface area contributed by atoms with Crippen molar-refractivity contribution in [2.45, 2.75) is 33.1 Å². The first-order valence-corrected chi connectivity index (χ1v) is 8.12. The maximum absolute atomic E-state index is 12.2. The molecule has 128 valence electrons. The molecule has 1 saturated heterocycles. The van der Waals surface area contributed by atoms with Crippen molar-refractivity contribution < 1.29 is 14.1 Å². The monoisotopic (exact) mass is 329 g/mol. The average Bonchev–Trinajstić information content (AvgIpc) is 2.93. The predicted octanol–water partition coefficient (Wildman–Crippen LogP) is 2.64. The van der Waals surface area contributed by atoms with E-state index in [4.69, 9.17) is 9.26 Å². The fourth-order valence-electron chi connectivity index (χ4n) is 2.80. The van der Waals surface area contributed by atoms with Crippen molar-refractivity contribution in [3.8, 4) is 5.75 Å². The van der Waals surface area contributed by atoms with Gasteiger partial charge in [0.25, 0.3) is 0 Å². The number of carbonyl (C=O) groups is 1. The molecule has 0 aliphatic carbocycles. The number of para-hydroxylation sites is 1. The summed E-state index contributed by atoms with van der Waals surface area (Å²) in [5.41, 5.74) is 0.667. The first kappa shape index (κ1) is 16.5. The molecule has 1 aromatic carbocycles. The zero-order valence-corrected chi connectivity index (χ0v) is 14.6. The van der Waals surface area contributed by atoms with Crippen LogP contribution in [0.4, 0.5) is 0 Å². The van der Waals surface area contributed by atoms with Gasteiger partial charge in [0.15, 0.2) is 5.82 Å². The smallest absolute Gasteiger partial charge is 0.233 e. The van der Waals surface area contributed by atoms with Crippen molar-refractivity contribution in [1.29, 1.82) is 0 Å². The van der Waals surface area contributed by atoms with Gasteiger partial charge < -0.3 is 14.2 Å². The molecule has 0 atom stereocenters. The van der Waals surface area contributed by atoms with E-state index in [9.17, 15) is 4.79 Å². The molecule has 1 aromatic heterocycles. The number of hydrogen-bond donors (Lipinski definition) is 0. The molecule has 3 rings (SSSR count). The molecule has 6 nitrogen and oxygen atoms in total. The number of carbonyl (C=O) groups excluding carboxylic acids is 1. The molecule has 2 aromatic rings. The molecule has 0 saturated carbocycles. The van der Waals surface area contributed by atoms with E-state index in [1.165, 1.54) is 0 Å². The van der Waals surface area contributed by atoms with Crippen molar-refractivity contribution in [3.05, 3.63) is 41.5 Å². The Labute approximate surface area is 141 Å². The van der Waals surface area contributed by atoms with Crippen molar-refractivity contribution in [2.75, 3.05) is 20.2 Å². The third-order valence-corrected chi connectivity index (χ3v) is 4.18. The third kappa shape index (κ3) is 3.27. The molecule has 0 bridgehead atoms. The summed E-state index contributed by atoms with van der Waals surface area (Å²) in [5.74, 6) is 2.35. The summed E-state index contributed by atoms with van der Waals surface area (Å²) >= 11 is 0. The second kappa shape index (κ2) is 6.26. The SMILES string of the molecule is COc1ccccc1Cc1noc(C2CN(C(=O)C(C)(C)C)C2)n1. The highest BCUT2D eigenvalue weighted by Gasteiger charge is 2.39. The molecule has 1 fully saturated rings. The summed E-state index contributed by atoms with van der Waals surface area (Å²) in [6.45, 7) is 7.08. The predicted molar refractivity (Wildman–Crippen MR) is 88.9 cm³/mol. The molecule has 1 aliphatic heterocycles. The fourth-order valence-corrected chi connectivity index (χ4v) is 2.80. The summed E-state index contributed by atoms with van der Waals surface area (Å²) < 4.78 is 10.7. The molecule has 1 amide bonds. The van der Waals surface area contributed by atoms with Gasteiger partial charge >= 0.3 is 0 Å². The minimum atomic E-state index is -0.352. The number of hydrogen-bond acceptors (Lipinski definition) is 5. The average molecular weight is 329 g/mol. The van der Waals surface area contributed by atoms with E-state index in [1.54, 1.807) is 7.11 Å². The lowest BCUT2D eigenvalue weighted by molar-refractivity contribution is -0.144. The molecule has 0 unspecified atom stereocenters. The van der Waals surface area contributed by atoms with Crippen molar-refractivity contribution >= 4 is 5.91 Å². The second-order valence-electron chi connectivity index (χ2n) is 7.19. The minimum Gasteiger partial charge on any atom is -0.496 e. The standard InChI is InChI=1S/C18H23N3O3/c1-18(2,3)17(22)21-10-13(11-21)16-19-15(20-24-16)9-12-7-5-6-8-14(12)23-4/h5-8,13H,9-11H2,1-4H3. The first-order valence-electron chi connectivity index (χ1n) is 8.12. The van der Waals surface area contributed by atoms with Crippen LogP contribution >= 0.6 is 0 Å². The van der Waals surface area contributed by atoms with Crippen LogP contribution in [0.2, 0.25) is 0 Å². The number of rotatable bonds is 4. The Kier molecular flexibility index (Phi) is 4.30. The lowest BCUT2D eigenvalue weighted by atomic mass is 9.90. The first-order chi connectivity index (χ1) is 11.4. The van der Waals surface area contributed by atoms with Crippen LogP contribution in [0.15, 0.2) is 28.8 Å². The molecule has 0 radical (unpaired) electrons. The number of ether oxygens (including phenoxy) is 1. The number of methoxy groups -OCH3 is 1. The van der Waals surface area contributed by atoms with E-state index < -0.39 is 0 Å². The van der Waals surface area contributed by atoms with E-state index in [-0.39, 0.29) is 17.2 Å². The molecule has 0 N–H and O–H groups in total. The van der Waals surface area contributed by atoms with Gasteiger partial charge in [-0.2, -0.15) is 4.98 Å². The summed E-state index contributed by atoms with van der Waals surface area (Å²) in [7, 11) is 1.65. The minimum absolute atomic E-state index is 0.134. The maximum atomic E-state index is 12.2. The Morgan fingerprint density at radius 3 is 2.71 bits per heavy atom. The quantitative estimate of drug-likeness (QED) is 0.862. The highest BCUT2D eigenvalue weighted by atomic mass is 16.5. The van der Waals surface area contributed by atoms with E-state index in [0.29, 0.717) is 31.2 Å². The van der Waals surface area contributed by atoms with Crippen LogP contribution in [0.3, 0.4) is 0 Å². The number of benzene rings is 1. The van der Waals surface area contributed by atoms with Gasteiger partial charge in [-0.1, -0.05) is 44.1 Å². The summed E-state index contributed by atoms with van der Waals surface area (Å²) in [6.07, 6.45) is 0.560. The van der Waals surface area contributed by atoms with Gasteiger partial charge in [-0.15, -0.1) is 0 Å². The van der Waals surface area contributed by atoms with Gasteiger partial charge in [0.05, 0.1) is 13.0 Å². The van der Waals surface area contributed by atoms with Crippen molar-refractivity contribution in [3.63, 3.8) is 0 Å². The van der Waals surface area contributed by atoms with Crippen LogP contribution in [-0.2, 0) is 11.2 Å². The van der Waals surface area contributed by atoms with Crippen LogP contribution in [0.25, 0.3) is 0 Å². The Morgan fingerprint density at radius 2 is 2.04 bits per heavy atom.